The van der Waals surface area contributed by atoms with Crippen molar-refractivity contribution >= 4 is 11.7 Å². The molecule has 1 aromatic rings. The van der Waals surface area contributed by atoms with Crippen LogP contribution in [0.2, 0.25) is 0 Å². The van der Waals surface area contributed by atoms with Crippen molar-refractivity contribution in [2.24, 2.45) is 5.92 Å². The molecule has 2 aliphatic heterocycles. The Bertz CT molecular complexity index is 631. The molecule has 4 rings (SSSR count). The number of hydrogen-bond donors (Lipinski definition) is 2. The van der Waals surface area contributed by atoms with Crippen LogP contribution < -0.4 is 20.1 Å². The van der Waals surface area contributed by atoms with Crippen LogP contribution in [0.3, 0.4) is 0 Å². The number of nitrogens with one attached hydrogen (secondary N) is 2. The molecule has 142 valence electrons. The second-order valence-electron chi connectivity index (χ2n) is 7.70. The average molecular weight is 359 g/mol. The smallest absolute Gasteiger partial charge is 0.319 e. The van der Waals surface area contributed by atoms with Crippen molar-refractivity contribution in [2.45, 2.75) is 51.0 Å². The Morgan fingerprint density at radius 3 is 2.81 bits per heavy atom. The molecule has 2 N–H and O–H groups in total. The third-order valence-electron chi connectivity index (χ3n) is 5.85. The van der Waals surface area contributed by atoms with Crippen molar-refractivity contribution in [3.05, 3.63) is 18.2 Å². The highest BCUT2D eigenvalue weighted by atomic mass is 16.7. The zero-order valence-electron chi connectivity index (χ0n) is 15.3. The van der Waals surface area contributed by atoms with E-state index in [2.05, 4.69) is 15.5 Å². The van der Waals surface area contributed by atoms with Crippen molar-refractivity contribution in [3.8, 4) is 11.5 Å². The van der Waals surface area contributed by atoms with E-state index in [-0.39, 0.29) is 12.8 Å². The third-order valence-corrected chi connectivity index (χ3v) is 5.85. The number of urea groups is 1. The second kappa shape index (κ2) is 8.16. The molecule has 0 unspecified atom stereocenters. The van der Waals surface area contributed by atoms with E-state index in [9.17, 15) is 4.79 Å². The molecule has 1 aromatic carbocycles. The molecular weight excluding hydrogens is 330 g/mol. The third kappa shape index (κ3) is 4.23. The summed E-state index contributed by atoms with van der Waals surface area (Å²) in [6, 6.07) is 5.76. The quantitative estimate of drug-likeness (QED) is 0.843. The van der Waals surface area contributed by atoms with Gasteiger partial charge in [-0.15, -0.1) is 0 Å². The molecule has 2 heterocycles. The Kier molecular flexibility index (Phi) is 5.48. The van der Waals surface area contributed by atoms with Crippen LogP contribution in [0.1, 0.15) is 44.9 Å². The van der Waals surface area contributed by atoms with Crippen LogP contribution in [0.25, 0.3) is 0 Å². The number of amides is 2. The van der Waals surface area contributed by atoms with E-state index >= 15 is 0 Å². The fourth-order valence-electron chi connectivity index (χ4n) is 4.43. The van der Waals surface area contributed by atoms with Gasteiger partial charge in [-0.25, -0.2) is 4.79 Å². The molecule has 1 atom stereocenters. The first-order chi connectivity index (χ1) is 12.8. The van der Waals surface area contributed by atoms with Gasteiger partial charge in [0, 0.05) is 30.9 Å². The maximum absolute atomic E-state index is 12.3. The number of likely N-dealkylation sites (tertiary alicyclic amines) is 1. The Hall–Kier alpha value is -1.95. The largest absolute Gasteiger partial charge is 0.454 e. The summed E-state index contributed by atoms with van der Waals surface area (Å²) in [5.74, 6) is 2.25. The molecule has 1 saturated carbocycles. The topological polar surface area (TPSA) is 62.8 Å². The number of carbonyl (C=O) groups excluding carboxylic acids is 1. The van der Waals surface area contributed by atoms with E-state index in [4.69, 9.17) is 9.47 Å². The van der Waals surface area contributed by atoms with Gasteiger partial charge in [0.2, 0.25) is 6.79 Å². The summed E-state index contributed by atoms with van der Waals surface area (Å²) in [5.41, 5.74) is 0.720. The number of hydrogen-bond acceptors (Lipinski definition) is 4. The van der Waals surface area contributed by atoms with E-state index < -0.39 is 0 Å². The van der Waals surface area contributed by atoms with Crippen molar-refractivity contribution in [1.82, 2.24) is 10.2 Å². The standard InChI is InChI=1S/C20H29N3O3/c24-20(22-16-8-9-18-19(11-16)26-14-25-18)21-12-17-7-4-10-23(17)13-15-5-2-1-3-6-15/h8-9,11,15,17H,1-7,10,12-14H2,(H2,21,22,24)/t17-/m1/s1. The molecule has 3 aliphatic rings. The summed E-state index contributed by atoms with van der Waals surface area (Å²) in [7, 11) is 0. The molecule has 1 saturated heterocycles. The first-order valence-electron chi connectivity index (χ1n) is 9.96. The Morgan fingerprint density at radius 1 is 1.08 bits per heavy atom. The zero-order chi connectivity index (χ0) is 17.8. The summed E-state index contributed by atoms with van der Waals surface area (Å²) >= 11 is 0. The fourth-order valence-corrected chi connectivity index (χ4v) is 4.43. The van der Waals surface area contributed by atoms with E-state index in [0.29, 0.717) is 18.3 Å². The molecule has 2 fully saturated rings. The number of nitrogens with zero attached hydrogens (tertiary/aromatic N) is 1. The lowest BCUT2D eigenvalue weighted by Gasteiger charge is -2.31. The van der Waals surface area contributed by atoms with Gasteiger partial charge in [-0.05, 0) is 50.3 Å². The highest BCUT2D eigenvalue weighted by Gasteiger charge is 2.27. The van der Waals surface area contributed by atoms with Crippen molar-refractivity contribution in [1.29, 1.82) is 0 Å². The summed E-state index contributed by atoms with van der Waals surface area (Å²) in [6.07, 6.45) is 9.35. The SMILES string of the molecule is O=C(NC[C@H]1CCCN1CC1CCCCC1)Nc1ccc2c(c1)OCO2. The van der Waals surface area contributed by atoms with E-state index in [0.717, 1.165) is 17.4 Å². The molecule has 26 heavy (non-hydrogen) atoms. The van der Waals surface area contributed by atoms with Gasteiger partial charge in [-0.2, -0.15) is 0 Å². The number of ether oxygens (including phenoxy) is 2. The summed E-state index contributed by atoms with van der Waals surface area (Å²) in [6.45, 7) is 3.33. The van der Waals surface area contributed by atoms with Gasteiger partial charge < -0.3 is 20.1 Å². The number of rotatable bonds is 5. The normalized spacial score (nSPS) is 23.2. The Morgan fingerprint density at radius 2 is 1.92 bits per heavy atom. The minimum atomic E-state index is -0.159. The first-order valence-corrected chi connectivity index (χ1v) is 9.96. The Balaban J connectivity index is 1.24. The number of carbonyl (C=O) groups is 1. The summed E-state index contributed by atoms with van der Waals surface area (Å²) in [4.78, 5) is 14.8. The minimum Gasteiger partial charge on any atom is -0.454 e. The zero-order valence-corrected chi connectivity index (χ0v) is 15.3. The molecule has 0 bridgehead atoms. The van der Waals surface area contributed by atoms with Crippen LogP contribution in [0.4, 0.5) is 10.5 Å². The lowest BCUT2D eigenvalue weighted by Crippen LogP contribution is -2.43. The number of benzene rings is 1. The second-order valence-corrected chi connectivity index (χ2v) is 7.70. The van der Waals surface area contributed by atoms with Crippen molar-refractivity contribution in [3.63, 3.8) is 0 Å². The van der Waals surface area contributed by atoms with Gasteiger partial charge in [-0.1, -0.05) is 19.3 Å². The molecular formula is C20H29N3O3. The highest BCUT2D eigenvalue weighted by molar-refractivity contribution is 5.89. The van der Waals surface area contributed by atoms with Crippen LogP contribution in [-0.2, 0) is 0 Å². The number of fused-ring (bicyclic) bond motifs is 1. The minimum absolute atomic E-state index is 0.159. The van der Waals surface area contributed by atoms with Crippen LogP contribution in [0, 0.1) is 5.92 Å². The van der Waals surface area contributed by atoms with E-state index in [1.165, 1.54) is 58.0 Å². The lowest BCUT2D eigenvalue weighted by molar-refractivity contribution is 0.174. The van der Waals surface area contributed by atoms with Gasteiger partial charge in [0.25, 0.3) is 0 Å². The fraction of sp³-hybridized carbons (Fsp3) is 0.650. The Labute approximate surface area is 155 Å². The molecule has 0 radical (unpaired) electrons. The molecule has 0 aromatic heterocycles. The van der Waals surface area contributed by atoms with Crippen molar-refractivity contribution < 1.29 is 14.3 Å². The molecule has 1 aliphatic carbocycles. The van der Waals surface area contributed by atoms with Gasteiger partial charge in [0.15, 0.2) is 11.5 Å². The van der Waals surface area contributed by atoms with Gasteiger partial charge >= 0.3 is 6.03 Å². The summed E-state index contributed by atoms with van der Waals surface area (Å²) < 4.78 is 10.6. The van der Waals surface area contributed by atoms with Gasteiger partial charge in [0.1, 0.15) is 0 Å². The highest BCUT2D eigenvalue weighted by Crippen LogP contribution is 2.34. The molecule has 2 amide bonds. The van der Waals surface area contributed by atoms with Crippen LogP contribution in [-0.4, -0.2) is 43.4 Å². The van der Waals surface area contributed by atoms with Gasteiger partial charge in [-0.3, -0.25) is 4.90 Å². The van der Waals surface area contributed by atoms with Crippen molar-refractivity contribution in [2.75, 3.05) is 31.7 Å². The predicted molar refractivity (Wildman–Crippen MR) is 101 cm³/mol. The van der Waals surface area contributed by atoms with Crippen LogP contribution >= 0.6 is 0 Å². The van der Waals surface area contributed by atoms with E-state index in [1.807, 2.05) is 12.1 Å². The van der Waals surface area contributed by atoms with Gasteiger partial charge in [0.05, 0.1) is 0 Å². The summed E-state index contributed by atoms with van der Waals surface area (Å²) in [5, 5.41) is 5.93. The van der Waals surface area contributed by atoms with Crippen LogP contribution in [0.5, 0.6) is 11.5 Å². The average Bonchev–Trinajstić information content (AvgIpc) is 3.29. The maximum Gasteiger partial charge on any atom is 0.319 e. The number of anilines is 1. The monoisotopic (exact) mass is 359 g/mol. The molecule has 6 heteroatoms. The maximum atomic E-state index is 12.3. The van der Waals surface area contributed by atoms with E-state index in [1.54, 1.807) is 6.07 Å². The first kappa shape index (κ1) is 17.5. The molecule has 6 nitrogen and oxygen atoms in total. The van der Waals surface area contributed by atoms with Crippen LogP contribution in [0.15, 0.2) is 18.2 Å². The molecule has 0 spiro atoms. The predicted octanol–water partition coefficient (Wildman–Crippen LogP) is 3.58. The lowest BCUT2D eigenvalue weighted by atomic mass is 9.89.